The number of anilines is 1. The van der Waals surface area contributed by atoms with Crippen molar-refractivity contribution in [3.05, 3.63) is 60.5 Å². The van der Waals surface area contributed by atoms with Crippen LogP contribution in [0.2, 0.25) is 0 Å². The Labute approximate surface area is 195 Å². The zero-order chi connectivity index (χ0) is 22.8. The van der Waals surface area contributed by atoms with E-state index in [9.17, 15) is 8.42 Å². The molecule has 1 saturated heterocycles. The third-order valence-electron chi connectivity index (χ3n) is 6.98. The molecule has 3 heterocycles. The second-order valence-corrected chi connectivity index (χ2v) is 11.0. The van der Waals surface area contributed by atoms with E-state index in [-0.39, 0.29) is 18.2 Å². The molecule has 1 aromatic carbocycles. The number of rotatable bonds is 7. The second-order valence-electron chi connectivity index (χ2n) is 9.26. The number of furan rings is 1. The fourth-order valence-electron chi connectivity index (χ4n) is 5.31. The molecule has 0 unspecified atom stereocenters. The van der Waals surface area contributed by atoms with Gasteiger partial charge in [0.05, 0.1) is 43.2 Å². The van der Waals surface area contributed by atoms with Crippen LogP contribution in [0.4, 0.5) is 5.69 Å². The van der Waals surface area contributed by atoms with Crippen LogP contribution in [0.5, 0.6) is 0 Å². The first kappa shape index (κ1) is 22.4. The summed E-state index contributed by atoms with van der Waals surface area (Å²) in [5.74, 6) is 0.597. The lowest BCUT2D eigenvalue weighted by molar-refractivity contribution is 0.0157. The fourth-order valence-corrected chi connectivity index (χ4v) is 6.13. The highest BCUT2D eigenvalue weighted by Crippen LogP contribution is 2.35. The molecule has 2 aliphatic rings. The smallest absolute Gasteiger partial charge is 0.209 e. The molecule has 0 spiro atoms. The third kappa shape index (κ3) is 5.23. The first-order valence-electron chi connectivity index (χ1n) is 11.7. The maximum absolute atomic E-state index is 12.0. The molecule has 0 radical (unpaired) electrons. The first-order valence-corrected chi connectivity index (χ1v) is 13.6. The summed E-state index contributed by atoms with van der Waals surface area (Å²) in [5, 5.41) is 0. The zero-order valence-corrected chi connectivity index (χ0v) is 19.7. The molecule has 2 aromatic heterocycles. The van der Waals surface area contributed by atoms with Gasteiger partial charge in [-0.3, -0.25) is 4.98 Å². The van der Waals surface area contributed by atoms with E-state index >= 15 is 0 Å². The standard InChI is InChI=1S/C25H31N3O4S/c1-33(29,30)27-22-11-13-28(20-15-25-23(26-16-20)12-14-31-25)24(22)17-32-21-9-7-19(8-10-21)18-5-3-2-4-6-18/h2-6,12,14-16,19,21-22,24,27H,7-11,13,17H2,1H3/t19?,21?,22-,24-/m0/s1. The minimum Gasteiger partial charge on any atom is -0.463 e. The predicted molar refractivity (Wildman–Crippen MR) is 129 cm³/mol. The molecule has 2 atom stereocenters. The van der Waals surface area contributed by atoms with Crippen molar-refractivity contribution in [3.63, 3.8) is 0 Å². The van der Waals surface area contributed by atoms with E-state index in [4.69, 9.17) is 9.15 Å². The molecule has 3 aromatic rings. The van der Waals surface area contributed by atoms with Crippen LogP contribution < -0.4 is 9.62 Å². The van der Waals surface area contributed by atoms with Gasteiger partial charge in [-0.05, 0) is 43.6 Å². The maximum atomic E-state index is 12.0. The molecular weight excluding hydrogens is 438 g/mol. The van der Waals surface area contributed by atoms with Gasteiger partial charge in [-0.2, -0.15) is 0 Å². The van der Waals surface area contributed by atoms with Crippen LogP contribution in [0.1, 0.15) is 43.6 Å². The second kappa shape index (κ2) is 9.44. The van der Waals surface area contributed by atoms with Crippen molar-refractivity contribution < 1.29 is 17.6 Å². The highest BCUT2D eigenvalue weighted by Gasteiger charge is 2.37. The maximum Gasteiger partial charge on any atom is 0.209 e. The van der Waals surface area contributed by atoms with Gasteiger partial charge in [0.2, 0.25) is 10.0 Å². The summed E-state index contributed by atoms with van der Waals surface area (Å²) >= 11 is 0. The number of nitrogens with one attached hydrogen (secondary N) is 1. The summed E-state index contributed by atoms with van der Waals surface area (Å²) in [4.78, 5) is 6.69. The Morgan fingerprint density at radius 2 is 1.91 bits per heavy atom. The molecule has 8 heteroatoms. The lowest BCUT2D eigenvalue weighted by Gasteiger charge is -2.33. The monoisotopic (exact) mass is 469 g/mol. The summed E-state index contributed by atoms with van der Waals surface area (Å²) in [5.41, 5.74) is 3.88. The number of hydrogen-bond acceptors (Lipinski definition) is 6. The Hall–Kier alpha value is -2.42. The molecule has 176 valence electrons. The summed E-state index contributed by atoms with van der Waals surface area (Å²) in [7, 11) is -3.32. The number of ether oxygens (including phenoxy) is 1. The molecule has 33 heavy (non-hydrogen) atoms. The zero-order valence-electron chi connectivity index (χ0n) is 18.9. The Morgan fingerprint density at radius 1 is 1.12 bits per heavy atom. The van der Waals surface area contributed by atoms with E-state index < -0.39 is 10.0 Å². The van der Waals surface area contributed by atoms with Crippen LogP contribution >= 0.6 is 0 Å². The van der Waals surface area contributed by atoms with E-state index in [1.165, 1.54) is 11.8 Å². The molecule has 0 bridgehead atoms. The van der Waals surface area contributed by atoms with Crippen LogP contribution in [0.15, 0.2) is 59.3 Å². The van der Waals surface area contributed by atoms with E-state index in [0.717, 1.165) is 55.4 Å². The average molecular weight is 470 g/mol. The van der Waals surface area contributed by atoms with Gasteiger partial charge in [-0.25, -0.2) is 13.1 Å². The Bertz CT molecular complexity index is 1170. The van der Waals surface area contributed by atoms with E-state index in [1.807, 2.05) is 18.3 Å². The van der Waals surface area contributed by atoms with Gasteiger partial charge in [-0.1, -0.05) is 30.3 Å². The number of benzene rings is 1. The lowest BCUT2D eigenvalue weighted by atomic mass is 9.83. The molecule has 7 nitrogen and oxygen atoms in total. The van der Waals surface area contributed by atoms with Crippen molar-refractivity contribution >= 4 is 26.8 Å². The topological polar surface area (TPSA) is 84.7 Å². The molecular formula is C25H31N3O4S. The lowest BCUT2D eigenvalue weighted by Crippen LogP contribution is -2.48. The van der Waals surface area contributed by atoms with Gasteiger partial charge in [0.15, 0.2) is 5.58 Å². The Balaban J connectivity index is 1.26. The SMILES string of the molecule is CS(=O)(=O)N[C@H]1CCN(c2cnc3ccoc3c2)[C@H]1COC1CCC(c2ccccc2)CC1. The van der Waals surface area contributed by atoms with Crippen molar-refractivity contribution in [2.75, 3.05) is 24.3 Å². The summed E-state index contributed by atoms with van der Waals surface area (Å²) in [6.07, 6.45) is 9.89. The number of nitrogens with zero attached hydrogens (tertiary/aromatic N) is 2. The van der Waals surface area contributed by atoms with Crippen molar-refractivity contribution in [3.8, 4) is 0 Å². The van der Waals surface area contributed by atoms with Gasteiger partial charge in [0.1, 0.15) is 5.52 Å². The minimum absolute atomic E-state index is 0.0965. The van der Waals surface area contributed by atoms with Gasteiger partial charge in [0, 0.05) is 24.7 Å². The van der Waals surface area contributed by atoms with E-state index in [1.54, 1.807) is 6.26 Å². The van der Waals surface area contributed by atoms with Crippen LogP contribution in [0.3, 0.4) is 0 Å². The van der Waals surface area contributed by atoms with Crippen molar-refractivity contribution in [1.29, 1.82) is 0 Å². The summed E-state index contributed by atoms with van der Waals surface area (Å²) < 4.78 is 38.7. The largest absolute Gasteiger partial charge is 0.463 e. The van der Waals surface area contributed by atoms with Gasteiger partial charge >= 0.3 is 0 Å². The van der Waals surface area contributed by atoms with E-state index in [2.05, 4.69) is 44.9 Å². The van der Waals surface area contributed by atoms with Crippen LogP contribution in [-0.2, 0) is 14.8 Å². The first-order chi connectivity index (χ1) is 16.0. The quantitative estimate of drug-likeness (QED) is 0.562. The Morgan fingerprint density at radius 3 is 2.67 bits per heavy atom. The molecule has 1 aliphatic heterocycles. The van der Waals surface area contributed by atoms with E-state index in [0.29, 0.717) is 12.5 Å². The fraction of sp³-hybridized carbons (Fsp3) is 0.480. The molecule has 2 fully saturated rings. The van der Waals surface area contributed by atoms with Gasteiger partial charge < -0.3 is 14.1 Å². The van der Waals surface area contributed by atoms with Crippen LogP contribution in [0, 0.1) is 0 Å². The predicted octanol–water partition coefficient (Wildman–Crippen LogP) is 4.07. The minimum atomic E-state index is -3.32. The molecule has 0 amide bonds. The van der Waals surface area contributed by atoms with Crippen molar-refractivity contribution in [2.45, 2.75) is 56.2 Å². The number of sulfonamides is 1. The number of pyridine rings is 1. The Kier molecular flexibility index (Phi) is 6.40. The van der Waals surface area contributed by atoms with Crippen LogP contribution in [0.25, 0.3) is 11.1 Å². The average Bonchev–Trinajstić information content (AvgIpc) is 3.44. The van der Waals surface area contributed by atoms with Crippen molar-refractivity contribution in [1.82, 2.24) is 9.71 Å². The van der Waals surface area contributed by atoms with Crippen LogP contribution in [-0.4, -0.2) is 51.0 Å². The highest BCUT2D eigenvalue weighted by molar-refractivity contribution is 7.88. The number of fused-ring (bicyclic) bond motifs is 1. The molecule has 1 aliphatic carbocycles. The van der Waals surface area contributed by atoms with Gasteiger partial charge in [-0.15, -0.1) is 0 Å². The third-order valence-corrected chi connectivity index (χ3v) is 7.71. The summed E-state index contributed by atoms with van der Waals surface area (Å²) in [6.45, 7) is 1.21. The number of hydrogen-bond donors (Lipinski definition) is 1. The summed E-state index contributed by atoms with van der Waals surface area (Å²) in [6, 6.07) is 14.2. The number of aromatic nitrogens is 1. The molecule has 5 rings (SSSR count). The molecule has 1 N–H and O–H groups in total. The van der Waals surface area contributed by atoms with Crippen molar-refractivity contribution in [2.24, 2.45) is 0 Å². The highest BCUT2D eigenvalue weighted by atomic mass is 32.2. The van der Waals surface area contributed by atoms with Gasteiger partial charge in [0.25, 0.3) is 0 Å². The normalized spacial score (nSPS) is 26.2. The molecule has 1 saturated carbocycles.